The van der Waals surface area contributed by atoms with Gasteiger partial charge in [0, 0.05) is 24.6 Å². The van der Waals surface area contributed by atoms with Gasteiger partial charge in [0.1, 0.15) is 5.60 Å². The van der Waals surface area contributed by atoms with Gasteiger partial charge in [0.15, 0.2) is 5.76 Å². The van der Waals surface area contributed by atoms with Crippen molar-refractivity contribution in [2.45, 2.75) is 65.6 Å². The first-order valence-electron chi connectivity index (χ1n) is 11.9. The summed E-state index contributed by atoms with van der Waals surface area (Å²) in [5, 5.41) is 4.28. The van der Waals surface area contributed by atoms with Crippen molar-refractivity contribution in [1.29, 1.82) is 0 Å². The lowest BCUT2D eigenvalue weighted by atomic mass is 9.67. The van der Waals surface area contributed by atoms with Gasteiger partial charge in [0.2, 0.25) is 0 Å². The van der Waals surface area contributed by atoms with Gasteiger partial charge in [-0.15, -0.1) is 0 Å². The Labute approximate surface area is 196 Å². The molecule has 0 bridgehead atoms. The number of carbonyl (C=O) groups excluding carboxylic acids is 1. The third-order valence-corrected chi connectivity index (χ3v) is 6.93. The molecule has 6 heteroatoms. The van der Waals surface area contributed by atoms with E-state index in [1.807, 2.05) is 62.9 Å². The second-order valence-corrected chi connectivity index (χ2v) is 10.7. The first-order valence-corrected chi connectivity index (χ1v) is 11.9. The van der Waals surface area contributed by atoms with Gasteiger partial charge in [-0.3, -0.25) is 0 Å². The molecule has 1 aromatic carbocycles. The van der Waals surface area contributed by atoms with E-state index in [4.69, 9.17) is 14.0 Å². The fourth-order valence-corrected chi connectivity index (χ4v) is 5.08. The minimum Gasteiger partial charge on any atom is -0.444 e. The summed E-state index contributed by atoms with van der Waals surface area (Å²) in [7, 11) is 0. The van der Waals surface area contributed by atoms with E-state index in [1.165, 1.54) is 0 Å². The number of nitrogens with zero attached hydrogens (tertiary/aromatic N) is 2. The van der Waals surface area contributed by atoms with Crippen LogP contribution in [0, 0.1) is 18.3 Å². The normalized spacial score (nSPS) is 22.9. The number of aryl methyl sites for hydroxylation is 1. The third-order valence-electron chi connectivity index (χ3n) is 6.93. The quantitative estimate of drug-likeness (QED) is 0.510. The van der Waals surface area contributed by atoms with Crippen molar-refractivity contribution in [2.24, 2.45) is 11.3 Å². The molecule has 2 aromatic rings. The SMILES string of the molecule is C=C(C)[C@@H]1CC2(CCN(C(=O)OC(C)(C)C)CC2)CO[C@H]1c1c(C)noc1-c1ccccc1. The van der Waals surface area contributed by atoms with Gasteiger partial charge in [-0.1, -0.05) is 47.6 Å². The van der Waals surface area contributed by atoms with E-state index < -0.39 is 5.60 Å². The molecule has 0 N–H and O–H groups in total. The lowest BCUT2D eigenvalue weighted by Crippen LogP contribution is -2.49. The van der Waals surface area contributed by atoms with Crippen molar-refractivity contribution in [1.82, 2.24) is 10.1 Å². The van der Waals surface area contributed by atoms with Crippen LogP contribution >= 0.6 is 0 Å². The average molecular weight is 453 g/mol. The lowest BCUT2D eigenvalue weighted by Gasteiger charge is -2.49. The Balaban J connectivity index is 1.52. The first-order chi connectivity index (χ1) is 15.6. The van der Waals surface area contributed by atoms with Crippen LogP contribution in [0.2, 0.25) is 0 Å². The van der Waals surface area contributed by atoms with Crippen molar-refractivity contribution in [3.05, 3.63) is 53.7 Å². The van der Waals surface area contributed by atoms with Gasteiger partial charge in [0.25, 0.3) is 0 Å². The summed E-state index contributed by atoms with van der Waals surface area (Å²) in [6, 6.07) is 10.1. The van der Waals surface area contributed by atoms with Crippen LogP contribution in [0.5, 0.6) is 0 Å². The standard InChI is InChI=1S/C27H36N2O4/c1-18(2)21-16-27(12-14-29(15-13-27)25(30)32-26(4,5)6)17-31-24(21)22-19(3)28-33-23(22)20-10-8-7-9-11-20/h7-11,21,24H,1,12-17H2,2-6H3/t21-,24+/m0/s1. The molecule has 1 aromatic heterocycles. The number of amides is 1. The van der Waals surface area contributed by atoms with Gasteiger partial charge < -0.3 is 18.9 Å². The molecule has 6 nitrogen and oxygen atoms in total. The zero-order valence-electron chi connectivity index (χ0n) is 20.5. The maximum absolute atomic E-state index is 12.5. The fraction of sp³-hybridized carbons (Fsp3) is 0.556. The molecule has 0 saturated carbocycles. The summed E-state index contributed by atoms with van der Waals surface area (Å²) in [4.78, 5) is 14.3. The van der Waals surface area contributed by atoms with Crippen LogP contribution in [-0.2, 0) is 9.47 Å². The van der Waals surface area contributed by atoms with Crippen molar-refractivity contribution in [3.8, 4) is 11.3 Å². The summed E-state index contributed by atoms with van der Waals surface area (Å²) in [5.74, 6) is 0.937. The fourth-order valence-electron chi connectivity index (χ4n) is 5.08. The number of hydrogen-bond acceptors (Lipinski definition) is 5. The van der Waals surface area contributed by atoms with Gasteiger partial charge in [-0.25, -0.2) is 4.79 Å². The van der Waals surface area contributed by atoms with Crippen LogP contribution in [0.3, 0.4) is 0 Å². The maximum atomic E-state index is 12.5. The molecule has 1 spiro atoms. The molecule has 1 amide bonds. The van der Waals surface area contributed by atoms with E-state index in [-0.39, 0.29) is 23.5 Å². The molecular weight excluding hydrogens is 416 g/mol. The lowest BCUT2D eigenvalue weighted by molar-refractivity contribution is -0.111. The summed E-state index contributed by atoms with van der Waals surface area (Å²) >= 11 is 0. The average Bonchev–Trinajstić information content (AvgIpc) is 3.15. The van der Waals surface area contributed by atoms with Gasteiger partial charge >= 0.3 is 6.09 Å². The summed E-state index contributed by atoms with van der Waals surface area (Å²) in [5.41, 5.74) is 3.55. The maximum Gasteiger partial charge on any atom is 0.410 e. The molecule has 2 aliphatic rings. The van der Waals surface area contributed by atoms with E-state index >= 15 is 0 Å². The first kappa shape index (κ1) is 23.6. The highest BCUT2D eigenvalue weighted by atomic mass is 16.6. The van der Waals surface area contributed by atoms with Crippen LogP contribution in [0.4, 0.5) is 4.79 Å². The zero-order chi connectivity index (χ0) is 23.8. The second kappa shape index (κ2) is 8.98. The summed E-state index contributed by atoms with van der Waals surface area (Å²) < 4.78 is 17.9. The monoisotopic (exact) mass is 452 g/mol. The van der Waals surface area contributed by atoms with E-state index in [2.05, 4.69) is 18.7 Å². The molecule has 2 atom stereocenters. The molecule has 3 heterocycles. The topological polar surface area (TPSA) is 64.8 Å². The van der Waals surface area contributed by atoms with Crippen LogP contribution in [0.15, 0.2) is 47.0 Å². The van der Waals surface area contributed by atoms with Crippen molar-refractivity contribution < 1.29 is 18.8 Å². The second-order valence-electron chi connectivity index (χ2n) is 10.7. The largest absolute Gasteiger partial charge is 0.444 e. The van der Waals surface area contributed by atoms with Crippen molar-refractivity contribution >= 4 is 6.09 Å². The molecule has 2 saturated heterocycles. The van der Waals surface area contributed by atoms with Crippen LogP contribution < -0.4 is 0 Å². The highest BCUT2D eigenvalue weighted by Gasteiger charge is 2.46. The molecule has 0 unspecified atom stereocenters. The number of hydrogen-bond donors (Lipinski definition) is 0. The molecule has 2 aliphatic heterocycles. The predicted molar refractivity (Wildman–Crippen MR) is 128 cm³/mol. The summed E-state index contributed by atoms with van der Waals surface area (Å²) in [6.45, 7) is 16.1. The van der Waals surface area contributed by atoms with E-state index in [9.17, 15) is 4.79 Å². The number of rotatable bonds is 3. The number of likely N-dealkylation sites (tertiary alicyclic amines) is 1. The third kappa shape index (κ3) is 5.01. The number of benzene rings is 1. The Kier molecular flexibility index (Phi) is 6.41. The Morgan fingerprint density at radius 3 is 2.48 bits per heavy atom. The van der Waals surface area contributed by atoms with Crippen LogP contribution in [0.25, 0.3) is 11.3 Å². The van der Waals surface area contributed by atoms with Gasteiger partial charge in [0.05, 0.1) is 24.0 Å². The van der Waals surface area contributed by atoms with E-state index in [0.717, 1.165) is 47.4 Å². The smallest absolute Gasteiger partial charge is 0.410 e. The van der Waals surface area contributed by atoms with Crippen LogP contribution in [0.1, 0.15) is 64.3 Å². The van der Waals surface area contributed by atoms with E-state index in [1.54, 1.807) is 0 Å². The number of ether oxygens (including phenoxy) is 2. The summed E-state index contributed by atoms with van der Waals surface area (Å²) in [6.07, 6.45) is 2.41. The Morgan fingerprint density at radius 1 is 1.21 bits per heavy atom. The highest BCUT2D eigenvalue weighted by molar-refractivity contribution is 5.68. The highest BCUT2D eigenvalue weighted by Crippen LogP contribution is 2.51. The van der Waals surface area contributed by atoms with Gasteiger partial charge in [-0.2, -0.15) is 0 Å². The van der Waals surface area contributed by atoms with Crippen molar-refractivity contribution in [2.75, 3.05) is 19.7 Å². The molecule has 0 aliphatic carbocycles. The van der Waals surface area contributed by atoms with Gasteiger partial charge in [-0.05, 0) is 59.3 Å². The molecule has 2 fully saturated rings. The Bertz CT molecular complexity index is 997. The number of aromatic nitrogens is 1. The molecular formula is C27H36N2O4. The Morgan fingerprint density at radius 2 is 1.88 bits per heavy atom. The van der Waals surface area contributed by atoms with Crippen molar-refractivity contribution in [3.63, 3.8) is 0 Å². The molecule has 0 radical (unpaired) electrons. The minimum atomic E-state index is -0.481. The number of carbonyl (C=O) groups is 1. The van der Waals surface area contributed by atoms with E-state index in [0.29, 0.717) is 19.7 Å². The number of piperidine rings is 1. The molecule has 33 heavy (non-hydrogen) atoms. The zero-order valence-corrected chi connectivity index (χ0v) is 20.5. The predicted octanol–water partition coefficient (Wildman–Crippen LogP) is 6.32. The minimum absolute atomic E-state index is 0.0383. The Hall–Kier alpha value is -2.60. The van der Waals surface area contributed by atoms with Crippen LogP contribution in [-0.4, -0.2) is 41.4 Å². The molecule has 4 rings (SSSR count). The molecule has 178 valence electrons.